The van der Waals surface area contributed by atoms with E-state index >= 15 is 0 Å². The largest absolute Gasteiger partial charge is 0.354 e. The van der Waals surface area contributed by atoms with Gasteiger partial charge in [-0.2, -0.15) is 4.31 Å². The highest BCUT2D eigenvalue weighted by atomic mass is 32.2. The van der Waals surface area contributed by atoms with Gasteiger partial charge in [0.15, 0.2) is 22.0 Å². The van der Waals surface area contributed by atoms with Gasteiger partial charge in [-0.3, -0.25) is 0 Å². The van der Waals surface area contributed by atoms with Gasteiger partial charge in [0.2, 0.25) is 0 Å². The average molecular weight is 388 g/mol. The minimum Gasteiger partial charge on any atom is -0.354 e. The van der Waals surface area contributed by atoms with E-state index < -0.39 is 10.0 Å². The molecule has 142 valence electrons. The Morgan fingerprint density at radius 3 is 2.59 bits per heavy atom. The quantitative estimate of drug-likeness (QED) is 0.685. The summed E-state index contributed by atoms with van der Waals surface area (Å²) in [5, 5.41) is 0.155. The van der Waals surface area contributed by atoms with Crippen LogP contribution in [0.1, 0.15) is 6.92 Å². The maximum atomic E-state index is 12.7. The lowest BCUT2D eigenvalue weighted by atomic mass is 10.0. The van der Waals surface area contributed by atoms with Gasteiger partial charge in [-0.15, -0.1) is 0 Å². The molecule has 5 rings (SSSR count). The minimum atomic E-state index is -3.50. The molecular formula is C16H20N8O2S. The highest BCUT2D eigenvalue weighted by molar-refractivity contribution is 7.89. The highest BCUT2D eigenvalue weighted by Gasteiger charge is 2.45. The molecular weight excluding hydrogens is 368 g/mol. The van der Waals surface area contributed by atoms with Gasteiger partial charge in [-0.25, -0.2) is 28.4 Å². The molecule has 2 aliphatic heterocycles. The summed E-state index contributed by atoms with van der Waals surface area (Å²) in [7, 11) is -3.50. The summed E-state index contributed by atoms with van der Waals surface area (Å²) in [6, 6.07) is 0. The van der Waals surface area contributed by atoms with E-state index in [9.17, 15) is 8.42 Å². The fraction of sp³-hybridized carbons (Fsp3) is 0.500. The predicted octanol–water partition coefficient (Wildman–Crippen LogP) is 0.326. The third-order valence-corrected chi connectivity index (χ3v) is 7.32. The number of nitrogens with zero attached hydrogens (tertiary/aromatic N) is 7. The molecule has 0 bridgehead atoms. The van der Waals surface area contributed by atoms with Gasteiger partial charge < -0.3 is 14.5 Å². The first kappa shape index (κ1) is 16.6. The lowest BCUT2D eigenvalue weighted by Gasteiger charge is -2.21. The molecule has 0 amide bonds. The van der Waals surface area contributed by atoms with Crippen molar-refractivity contribution in [2.45, 2.75) is 18.5 Å². The van der Waals surface area contributed by atoms with Crippen LogP contribution in [0.15, 0.2) is 30.2 Å². The third-order valence-electron chi connectivity index (χ3n) is 5.57. The predicted molar refractivity (Wildman–Crippen MR) is 97.5 cm³/mol. The van der Waals surface area contributed by atoms with E-state index in [0.717, 1.165) is 36.6 Å². The number of rotatable bonds is 4. The number of aromatic nitrogens is 6. The molecule has 10 nitrogen and oxygen atoms in total. The van der Waals surface area contributed by atoms with Gasteiger partial charge in [0.1, 0.15) is 6.33 Å². The summed E-state index contributed by atoms with van der Waals surface area (Å²) in [5.41, 5.74) is 1.64. The lowest BCUT2D eigenvalue weighted by molar-refractivity contribution is 0.451. The molecule has 0 radical (unpaired) electrons. The van der Waals surface area contributed by atoms with Gasteiger partial charge in [0, 0.05) is 32.7 Å². The standard InChI is InChI=1S/C16H20N8O2S/c1-2-22-10-21-14-15(22)19-9-20-16(14)23-4-11-6-24(7-12(11)5-23)27(25,26)13-3-17-8-18-13/h3,8-12H,2,4-7H2,1H3,(H,17,18). The molecule has 0 saturated carbocycles. The van der Waals surface area contributed by atoms with Crippen molar-refractivity contribution < 1.29 is 8.42 Å². The molecule has 2 atom stereocenters. The number of hydrogen-bond donors (Lipinski definition) is 1. The zero-order valence-electron chi connectivity index (χ0n) is 14.9. The molecule has 2 aliphatic rings. The Bertz CT molecular complexity index is 1060. The molecule has 0 spiro atoms. The zero-order chi connectivity index (χ0) is 18.6. The Hall–Kier alpha value is -2.53. The number of sulfonamides is 1. The van der Waals surface area contributed by atoms with E-state index in [1.807, 2.05) is 4.57 Å². The highest BCUT2D eigenvalue weighted by Crippen LogP contribution is 2.36. The second kappa shape index (κ2) is 5.99. The van der Waals surface area contributed by atoms with Crippen LogP contribution in [0.3, 0.4) is 0 Å². The van der Waals surface area contributed by atoms with E-state index in [2.05, 4.69) is 36.7 Å². The first-order chi connectivity index (χ1) is 13.1. The van der Waals surface area contributed by atoms with Crippen molar-refractivity contribution >= 4 is 27.0 Å². The normalized spacial score (nSPS) is 23.4. The number of hydrogen-bond acceptors (Lipinski definition) is 7. The number of H-pyrrole nitrogens is 1. The summed E-state index contributed by atoms with van der Waals surface area (Å²) < 4.78 is 29.0. The smallest absolute Gasteiger partial charge is 0.260 e. The number of imidazole rings is 2. The van der Waals surface area contributed by atoms with Crippen molar-refractivity contribution in [3.05, 3.63) is 25.2 Å². The number of nitrogens with one attached hydrogen (secondary N) is 1. The first-order valence-corrected chi connectivity index (χ1v) is 10.4. The number of anilines is 1. The van der Waals surface area contributed by atoms with Crippen molar-refractivity contribution in [2.24, 2.45) is 11.8 Å². The summed E-state index contributed by atoms with van der Waals surface area (Å²) in [4.78, 5) is 22.1. The third kappa shape index (κ3) is 2.52. The Balaban J connectivity index is 1.37. The SMILES string of the molecule is CCn1cnc2c(N3CC4CN(S(=O)(=O)c5cnc[nH]5)CC4C3)ncnc21. The van der Waals surface area contributed by atoms with Gasteiger partial charge in [0.05, 0.1) is 18.9 Å². The van der Waals surface area contributed by atoms with Crippen LogP contribution >= 0.6 is 0 Å². The van der Waals surface area contributed by atoms with Crippen molar-refractivity contribution in [3.63, 3.8) is 0 Å². The average Bonchev–Trinajstić information content (AvgIpc) is 3.43. The van der Waals surface area contributed by atoms with Crippen LogP contribution in [0.2, 0.25) is 0 Å². The Labute approximate surface area is 156 Å². The molecule has 2 fully saturated rings. The summed E-state index contributed by atoms with van der Waals surface area (Å²) in [6.07, 6.45) is 6.12. The van der Waals surface area contributed by atoms with Crippen LogP contribution in [-0.4, -0.2) is 68.4 Å². The molecule has 1 N–H and O–H groups in total. The fourth-order valence-electron chi connectivity index (χ4n) is 4.17. The van der Waals surface area contributed by atoms with Crippen molar-refractivity contribution in [2.75, 3.05) is 31.1 Å². The Kier molecular flexibility index (Phi) is 3.69. The Morgan fingerprint density at radius 1 is 1.15 bits per heavy atom. The topological polar surface area (TPSA) is 113 Å². The van der Waals surface area contributed by atoms with Crippen LogP contribution in [0.4, 0.5) is 5.82 Å². The van der Waals surface area contributed by atoms with E-state index in [0.29, 0.717) is 13.1 Å². The molecule has 2 unspecified atom stereocenters. The van der Waals surface area contributed by atoms with E-state index in [1.165, 1.54) is 12.5 Å². The molecule has 11 heteroatoms. The summed E-state index contributed by atoms with van der Waals surface area (Å²) >= 11 is 0. The maximum absolute atomic E-state index is 12.7. The van der Waals surface area contributed by atoms with E-state index in [-0.39, 0.29) is 16.9 Å². The maximum Gasteiger partial charge on any atom is 0.260 e. The van der Waals surface area contributed by atoms with Crippen LogP contribution in [-0.2, 0) is 16.6 Å². The second-order valence-corrected chi connectivity index (χ2v) is 8.97. The lowest BCUT2D eigenvalue weighted by Crippen LogP contribution is -2.33. The first-order valence-electron chi connectivity index (χ1n) is 8.97. The molecule has 5 heterocycles. The monoisotopic (exact) mass is 388 g/mol. The van der Waals surface area contributed by atoms with Gasteiger partial charge in [0.25, 0.3) is 10.0 Å². The van der Waals surface area contributed by atoms with Gasteiger partial charge in [-0.1, -0.05) is 0 Å². The molecule has 3 aromatic heterocycles. The molecule has 2 saturated heterocycles. The van der Waals surface area contributed by atoms with Crippen molar-refractivity contribution in [1.29, 1.82) is 0 Å². The summed E-state index contributed by atoms with van der Waals surface area (Å²) in [6.45, 7) is 5.42. The molecule has 27 heavy (non-hydrogen) atoms. The van der Waals surface area contributed by atoms with Crippen molar-refractivity contribution in [3.8, 4) is 0 Å². The van der Waals surface area contributed by atoms with Crippen LogP contribution in [0.5, 0.6) is 0 Å². The number of aromatic amines is 1. The number of fused-ring (bicyclic) bond motifs is 2. The fourth-order valence-corrected chi connectivity index (χ4v) is 5.62. The second-order valence-electron chi connectivity index (χ2n) is 7.06. The molecule has 0 aromatic carbocycles. The molecule has 3 aromatic rings. The van der Waals surface area contributed by atoms with E-state index in [4.69, 9.17) is 0 Å². The number of aryl methyl sites for hydroxylation is 1. The van der Waals surface area contributed by atoms with Crippen LogP contribution in [0, 0.1) is 11.8 Å². The Morgan fingerprint density at radius 2 is 1.93 bits per heavy atom. The van der Waals surface area contributed by atoms with Gasteiger partial charge >= 0.3 is 0 Å². The van der Waals surface area contributed by atoms with Crippen LogP contribution in [0.25, 0.3) is 11.2 Å². The molecule has 0 aliphatic carbocycles. The summed E-state index contributed by atoms with van der Waals surface area (Å²) in [5.74, 6) is 1.39. The minimum absolute atomic E-state index is 0.155. The van der Waals surface area contributed by atoms with Crippen molar-refractivity contribution in [1.82, 2.24) is 33.8 Å². The zero-order valence-corrected chi connectivity index (χ0v) is 15.7. The van der Waals surface area contributed by atoms with Gasteiger partial charge in [-0.05, 0) is 18.8 Å². The van der Waals surface area contributed by atoms with E-state index in [1.54, 1.807) is 17.0 Å². The van der Waals surface area contributed by atoms with Crippen LogP contribution < -0.4 is 4.90 Å².